The molecular weight excluding hydrogens is 366 g/mol. The number of hydrogen-bond donors (Lipinski definition) is 1. The number of rotatable bonds is 8. The SMILES string of the molecule is CCCCCN1CCC(c2nc(C(=O)NC3(C4CCCCC4)CC3)cs2)CC1. The standard InChI is InChI=1S/C23H37N3OS/c1-2-3-7-14-26-15-10-18(11-16-26)22-24-20(17-28-22)21(27)25-23(12-13-23)19-8-5-4-6-9-19/h17-19H,2-16H2,1H3,(H,25,27). The van der Waals surface area contributed by atoms with Crippen LogP contribution in [0.4, 0.5) is 0 Å². The zero-order chi connectivity index (χ0) is 19.4. The number of likely N-dealkylation sites (tertiary alicyclic amines) is 1. The Morgan fingerprint density at radius 2 is 1.93 bits per heavy atom. The molecular formula is C23H37N3OS. The van der Waals surface area contributed by atoms with Crippen LogP contribution in [0, 0.1) is 5.92 Å². The highest BCUT2D eigenvalue weighted by atomic mass is 32.1. The zero-order valence-corrected chi connectivity index (χ0v) is 18.4. The van der Waals surface area contributed by atoms with E-state index in [2.05, 4.69) is 17.1 Å². The normalized spacial score (nSPS) is 23.6. The summed E-state index contributed by atoms with van der Waals surface area (Å²) in [4.78, 5) is 20.2. The number of amides is 1. The number of hydrogen-bond acceptors (Lipinski definition) is 4. The zero-order valence-electron chi connectivity index (χ0n) is 17.5. The maximum absolute atomic E-state index is 12.9. The van der Waals surface area contributed by atoms with Gasteiger partial charge in [0.2, 0.25) is 0 Å². The van der Waals surface area contributed by atoms with Gasteiger partial charge < -0.3 is 10.2 Å². The highest BCUT2D eigenvalue weighted by Gasteiger charge is 2.50. The minimum absolute atomic E-state index is 0.0718. The van der Waals surface area contributed by atoms with Crippen LogP contribution in [0.3, 0.4) is 0 Å². The first-order valence-corrected chi connectivity index (χ1v) is 12.6. The molecule has 156 valence electrons. The summed E-state index contributed by atoms with van der Waals surface area (Å²) in [5, 5.41) is 6.58. The Labute approximate surface area is 174 Å². The third kappa shape index (κ3) is 4.79. The van der Waals surface area contributed by atoms with Crippen LogP contribution in [0.25, 0.3) is 0 Å². The lowest BCUT2D eigenvalue weighted by molar-refractivity contribution is 0.0897. The number of aromatic nitrogens is 1. The molecule has 1 aromatic rings. The summed E-state index contributed by atoms with van der Waals surface area (Å²) in [5.74, 6) is 1.31. The van der Waals surface area contributed by atoms with Crippen molar-refractivity contribution in [2.45, 2.75) is 95.4 Å². The molecule has 0 unspecified atom stereocenters. The molecule has 2 heterocycles. The Morgan fingerprint density at radius 1 is 1.18 bits per heavy atom. The first kappa shape index (κ1) is 20.3. The molecule has 0 atom stereocenters. The van der Waals surface area contributed by atoms with Gasteiger partial charge in [0, 0.05) is 16.8 Å². The minimum atomic E-state index is 0.0718. The molecule has 0 radical (unpaired) electrons. The lowest BCUT2D eigenvalue weighted by atomic mass is 9.82. The molecule has 2 aliphatic carbocycles. The van der Waals surface area contributed by atoms with Gasteiger partial charge in [-0.3, -0.25) is 4.79 Å². The van der Waals surface area contributed by atoms with Crippen LogP contribution in [-0.2, 0) is 0 Å². The summed E-state index contributed by atoms with van der Waals surface area (Å²) >= 11 is 1.70. The maximum atomic E-state index is 12.9. The van der Waals surface area contributed by atoms with Gasteiger partial charge in [-0.15, -0.1) is 11.3 Å². The number of piperidine rings is 1. The summed E-state index contributed by atoms with van der Waals surface area (Å²) < 4.78 is 0. The largest absolute Gasteiger partial charge is 0.345 e. The molecule has 4 rings (SSSR count). The fourth-order valence-corrected chi connectivity index (χ4v) is 6.25. The van der Waals surface area contributed by atoms with E-state index >= 15 is 0 Å². The highest BCUT2D eigenvalue weighted by molar-refractivity contribution is 7.09. The Morgan fingerprint density at radius 3 is 2.61 bits per heavy atom. The van der Waals surface area contributed by atoms with Crippen molar-refractivity contribution in [3.8, 4) is 0 Å². The summed E-state index contributed by atoms with van der Waals surface area (Å²) in [6.45, 7) is 5.87. The second kappa shape index (κ2) is 9.25. The lowest BCUT2D eigenvalue weighted by Gasteiger charge is -2.31. The van der Waals surface area contributed by atoms with E-state index in [1.165, 1.54) is 88.9 Å². The molecule has 3 aliphatic rings. The molecule has 1 N–H and O–H groups in total. The number of thiazole rings is 1. The molecule has 5 heteroatoms. The van der Waals surface area contributed by atoms with Crippen LogP contribution in [0.1, 0.15) is 105 Å². The summed E-state index contributed by atoms with van der Waals surface area (Å²) in [7, 11) is 0. The summed E-state index contributed by atoms with van der Waals surface area (Å²) in [5.41, 5.74) is 0.762. The monoisotopic (exact) mass is 403 g/mol. The van der Waals surface area contributed by atoms with Gasteiger partial charge in [0.25, 0.3) is 5.91 Å². The fraction of sp³-hybridized carbons (Fsp3) is 0.826. The molecule has 28 heavy (non-hydrogen) atoms. The number of unbranched alkanes of at least 4 members (excludes halogenated alkanes) is 2. The number of carbonyl (C=O) groups is 1. The van der Waals surface area contributed by atoms with Crippen LogP contribution in [0.15, 0.2) is 5.38 Å². The van der Waals surface area contributed by atoms with E-state index in [0.29, 0.717) is 17.5 Å². The molecule has 1 saturated heterocycles. The van der Waals surface area contributed by atoms with Crippen molar-refractivity contribution < 1.29 is 4.79 Å². The Hall–Kier alpha value is -0.940. The van der Waals surface area contributed by atoms with E-state index < -0.39 is 0 Å². The first-order valence-electron chi connectivity index (χ1n) is 11.7. The van der Waals surface area contributed by atoms with Gasteiger partial charge in [-0.2, -0.15) is 0 Å². The molecule has 0 bridgehead atoms. The Bertz CT molecular complexity index is 640. The van der Waals surface area contributed by atoms with Gasteiger partial charge >= 0.3 is 0 Å². The number of nitrogens with zero attached hydrogens (tertiary/aromatic N) is 2. The second-order valence-corrected chi connectivity index (χ2v) is 10.2. The van der Waals surface area contributed by atoms with Crippen molar-refractivity contribution in [3.63, 3.8) is 0 Å². The Balaban J connectivity index is 1.28. The quantitative estimate of drug-likeness (QED) is 0.595. The van der Waals surface area contributed by atoms with Crippen molar-refractivity contribution in [1.82, 2.24) is 15.2 Å². The van der Waals surface area contributed by atoms with Gasteiger partial charge in [-0.1, -0.05) is 39.0 Å². The number of nitrogens with one attached hydrogen (secondary N) is 1. The van der Waals surface area contributed by atoms with E-state index in [0.717, 1.165) is 12.8 Å². The van der Waals surface area contributed by atoms with Crippen molar-refractivity contribution in [1.29, 1.82) is 0 Å². The van der Waals surface area contributed by atoms with Crippen LogP contribution in [-0.4, -0.2) is 41.0 Å². The van der Waals surface area contributed by atoms with E-state index in [1.807, 2.05) is 5.38 Å². The molecule has 0 aromatic carbocycles. The van der Waals surface area contributed by atoms with E-state index in [4.69, 9.17) is 4.98 Å². The van der Waals surface area contributed by atoms with E-state index in [9.17, 15) is 4.79 Å². The average molecular weight is 404 g/mol. The van der Waals surface area contributed by atoms with Crippen molar-refractivity contribution in [3.05, 3.63) is 16.1 Å². The minimum Gasteiger partial charge on any atom is -0.345 e. The molecule has 3 fully saturated rings. The van der Waals surface area contributed by atoms with Crippen LogP contribution >= 0.6 is 11.3 Å². The average Bonchev–Trinajstić information content (AvgIpc) is 3.34. The fourth-order valence-electron chi connectivity index (χ4n) is 5.28. The Kier molecular flexibility index (Phi) is 6.72. The lowest BCUT2D eigenvalue weighted by Crippen LogP contribution is -2.43. The molecule has 1 amide bonds. The third-order valence-electron chi connectivity index (χ3n) is 7.31. The van der Waals surface area contributed by atoms with Crippen LogP contribution < -0.4 is 5.32 Å². The maximum Gasteiger partial charge on any atom is 0.271 e. The predicted molar refractivity (Wildman–Crippen MR) is 116 cm³/mol. The molecule has 1 aromatic heterocycles. The number of carbonyl (C=O) groups excluding carboxylic acids is 1. The van der Waals surface area contributed by atoms with Crippen molar-refractivity contribution in [2.24, 2.45) is 5.92 Å². The highest BCUT2D eigenvalue weighted by Crippen LogP contribution is 2.48. The van der Waals surface area contributed by atoms with Gasteiger partial charge in [-0.05, 0) is 70.5 Å². The van der Waals surface area contributed by atoms with Crippen molar-refractivity contribution in [2.75, 3.05) is 19.6 Å². The smallest absolute Gasteiger partial charge is 0.271 e. The van der Waals surface area contributed by atoms with E-state index in [-0.39, 0.29) is 11.4 Å². The first-order chi connectivity index (χ1) is 13.7. The van der Waals surface area contributed by atoms with Crippen LogP contribution in [0.2, 0.25) is 0 Å². The van der Waals surface area contributed by atoms with Gasteiger partial charge in [-0.25, -0.2) is 4.98 Å². The van der Waals surface area contributed by atoms with Crippen LogP contribution in [0.5, 0.6) is 0 Å². The van der Waals surface area contributed by atoms with Gasteiger partial charge in [0.15, 0.2) is 0 Å². The van der Waals surface area contributed by atoms with E-state index in [1.54, 1.807) is 11.3 Å². The molecule has 0 spiro atoms. The molecule has 1 aliphatic heterocycles. The topological polar surface area (TPSA) is 45.2 Å². The molecule has 2 saturated carbocycles. The predicted octanol–water partition coefficient (Wildman–Crippen LogP) is 5.36. The van der Waals surface area contributed by atoms with Gasteiger partial charge in [0.1, 0.15) is 5.69 Å². The third-order valence-corrected chi connectivity index (χ3v) is 8.31. The second-order valence-electron chi connectivity index (χ2n) is 9.34. The molecule has 4 nitrogen and oxygen atoms in total. The summed E-state index contributed by atoms with van der Waals surface area (Å²) in [6, 6.07) is 0. The van der Waals surface area contributed by atoms with Crippen molar-refractivity contribution >= 4 is 17.2 Å². The summed E-state index contributed by atoms with van der Waals surface area (Å²) in [6.07, 6.45) is 15.3. The van der Waals surface area contributed by atoms with Gasteiger partial charge in [0.05, 0.1) is 5.01 Å².